The topological polar surface area (TPSA) is 46.2 Å². The molecule has 2 aromatic carbocycles. The minimum absolute atomic E-state index is 0.0649. The van der Waals surface area contributed by atoms with Crippen molar-refractivity contribution >= 4 is 54.8 Å². The number of rotatable bonds is 3. The molecule has 2 rings (SSSR count). The van der Waals surface area contributed by atoms with Crippen molar-refractivity contribution in [1.82, 2.24) is 0 Å². The molecule has 0 fully saturated rings. The Morgan fingerprint density at radius 3 is 2.10 bits per heavy atom. The zero-order valence-corrected chi connectivity index (χ0v) is 15.2. The van der Waals surface area contributed by atoms with E-state index in [-0.39, 0.29) is 9.92 Å². The lowest BCUT2D eigenvalue weighted by atomic mass is 10.1. The molecule has 0 atom stereocenters. The summed E-state index contributed by atoms with van der Waals surface area (Å²) in [6.07, 6.45) is 0. The number of sulfonamides is 1. The predicted octanol–water partition coefficient (Wildman–Crippen LogP) is 5.17. The van der Waals surface area contributed by atoms with Crippen LogP contribution in [0, 0.1) is 13.8 Å². The van der Waals surface area contributed by atoms with E-state index in [0.29, 0.717) is 10.7 Å². The van der Waals surface area contributed by atoms with Crippen molar-refractivity contribution in [3.8, 4) is 0 Å². The molecule has 0 saturated heterocycles. The van der Waals surface area contributed by atoms with Gasteiger partial charge in [-0.3, -0.25) is 4.72 Å². The molecule has 0 aliphatic rings. The lowest BCUT2D eigenvalue weighted by molar-refractivity contribution is 0.601. The molecule has 0 saturated carbocycles. The van der Waals surface area contributed by atoms with Gasteiger partial charge < -0.3 is 0 Å². The average molecular weight is 409 g/mol. The van der Waals surface area contributed by atoms with E-state index in [1.165, 1.54) is 18.2 Å². The molecular weight excluding hydrogens is 397 g/mol. The van der Waals surface area contributed by atoms with Crippen LogP contribution in [-0.4, -0.2) is 8.42 Å². The van der Waals surface area contributed by atoms with Crippen molar-refractivity contribution in [2.24, 2.45) is 0 Å². The highest BCUT2D eigenvalue weighted by Crippen LogP contribution is 2.28. The highest BCUT2D eigenvalue weighted by Gasteiger charge is 2.16. The maximum Gasteiger partial charge on any atom is 0.261 e. The molecule has 0 aliphatic heterocycles. The highest BCUT2D eigenvalue weighted by molar-refractivity contribution is 9.10. The van der Waals surface area contributed by atoms with Gasteiger partial charge in [0, 0.05) is 10.2 Å². The lowest BCUT2D eigenvalue weighted by Gasteiger charge is -2.12. The molecule has 2 aromatic rings. The first-order valence-electron chi connectivity index (χ1n) is 5.95. The van der Waals surface area contributed by atoms with Gasteiger partial charge in [0.1, 0.15) is 0 Å². The summed E-state index contributed by atoms with van der Waals surface area (Å²) in [5.74, 6) is 0. The van der Waals surface area contributed by atoms with E-state index >= 15 is 0 Å². The van der Waals surface area contributed by atoms with Gasteiger partial charge in [0.2, 0.25) is 0 Å². The number of benzene rings is 2. The summed E-state index contributed by atoms with van der Waals surface area (Å²) in [6.45, 7) is 3.79. The van der Waals surface area contributed by atoms with Gasteiger partial charge in [-0.25, -0.2) is 8.42 Å². The average Bonchev–Trinajstić information content (AvgIpc) is 2.38. The Hall–Kier alpha value is -0.750. The maximum atomic E-state index is 12.3. The fourth-order valence-corrected chi connectivity index (χ4v) is 3.52. The second-order valence-corrected chi connectivity index (χ2v) is 7.90. The van der Waals surface area contributed by atoms with E-state index in [4.69, 9.17) is 23.2 Å². The lowest BCUT2D eigenvalue weighted by Crippen LogP contribution is -2.13. The van der Waals surface area contributed by atoms with Crippen LogP contribution in [-0.2, 0) is 10.0 Å². The Morgan fingerprint density at radius 2 is 1.57 bits per heavy atom. The van der Waals surface area contributed by atoms with E-state index < -0.39 is 10.0 Å². The Bertz CT molecular complexity index is 784. The number of aryl methyl sites for hydroxylation is 2. The minimum atomic E-state index is -3.71. The Morgan fingerprint density at radius 1 is 1.00 bits per heavy atom. The van der Waals surface area contributed by atoms with Gasteiger partial charge in [-0.15, -0.1) is 0 Å². The highest BCUT2D eigenvalue weighted by atomic mass is 79.9. The standard InChI is InChI=1S/C14H12BrCl2NO2S/c1-8-5-10(6-9(2)14(8)15)18-21(19,20)11-3-4-12(16)13(17)7-11/h3-7,18H,1-2H3. The van der Waals surface area contributed by atoms with Gasteiger partial charge in [0.25, 0.3) is 10.0 Å². The fraction of sp³-hybridized carbons (Fsp3) is 0.143. The van der Waals surface area contributed by atoms with Crippen LogP contribution >= 0.6 is 39.1 Å². The van der Waals surface area contributed by atoms with Crippen LogP contribution in [0.1, 0.15) is 11.1 Å². The molecule has 0 bridgehead atoms. The largest absolute Gasteiger partial charge is 0.280 e. The van der Waals surface area contributed by atoms with Crippen molar-refractivity contribution < 1.29 is 8.42 Å². The van der Waals surface area contributed by atoms with Crippen LogP contribution in [0.25, 0.3) is 0 Å². The van der Waals surface area contributed by atoms with E-state index in [2.05, 4.69) is 20.7 Å². The van der Waals surface area contributed by atoms with Crippen molar-refractivity contribution in [3.63, 3.8) is 0 Å². The molecule has 0 aromatic heterocycles. The molecular formula is C14H12BrCl2NO2S. The molecule has 0 aliphatic carbocycles. The fourth-order valence-electron chi connectivity index (χ4n) is 1.86. The van der Waals surface area contributed by atoms with Gasteiger partial charge in [-0.2, -0.15) is 0 Å². The molecule has 7 heteroatoms. The molecule has 21 heavy (non-hydrogen) atoms. The third kappa shape index (κ3) is 3.72. The third-order valence-electron chi connectivity index (χ3n) is 2.89. The van der Waals surface area contributed by atoms with Gasteiger partial charge in [0.05, 0.1) is 14.9 Å². The molecule has 0 spiro atoms. The number of anilines is 1. The molecule has 0 amide bonds. The first-order chi connectivity index (χ1) is 9.70. The summed E-state index contributed by atoms with van der Waals surface area (Å²) in [4.78, 5) is 0.0649. The summed E-state index contributed by atoms with van der Waals surface area (Å²) in [7, 11) is -3.71. The quantitative estimate of drug-likeness (QED) is 0.760. The first kappa shape index (κ1) is 16.6. The number of hydrogen-bond acceptors (Lipinski definition) is 2. The van der Waals surface area contributed by atoms with Crippen LogP contribution in [0.3, 0.4) is 0 Å². The van der Waals surface area contributed by atoms with Crippen LogP contribution < -0.4 is 4.72 Å². The van der Waals surface area contributed by atoms with Gasteiger partial charge >= 0.3 is 0 Å². The van der Waals surface area contributed by atoms with Crippen molar-refractivity contribution in [2.45, 2.75) is 18.7 Å². The number of nitrogens with one attached hydrogen (secondary N) is 1. The maximum absolute atomic E-state index is 12.3. The van der Waals surface area contributed by atoms with Gasteiger partial charge in [-0.05, 0) is 55.3 Å². The first-order valence-corrected chi connectivity index (χ1v) is 8.98. The van der Waals surface area contributed by atoms with Crippen LogP contribution in [0.4, 0.5) is 5.69 Å². The summed E-state index contributed by atoms with van der Waals surface area (Å²) >= 11 is 15.1. The zero-order valence-electron chi connectivity index (χ0n) is 11.2. The van der Waals surface area contributed by atoms with Crippen LogP contribution in [0.5, 0.6) is 0 Å². The summed E-state index contributed by atoms with van der Waals surface area (Å²) < 4.78 is 28.2. The molecule has 3 nitrogen and oxygen atoms in total. The summed E-state index contributed by atoms with van der Waals surface area (Å²) in [5, 5.41) is 0.508. The van der Waals surface area contributed by atoms with E-state index in [0.717, 1.165) is 15.6 Å². The van der Waals surface area contributed by atoms with E-state index in [1.807, 2.05) is 13.8 Å². The smallest absolute Gasteiger partial charge is 0.261 e. The number of hydrogen-bond donors (Lipinski definition) is 1. The minimum Gasteiger partial charge on any atom is -0.280 e. The normalized spacial score (nSPS) is 11.5. The van der Waals surface area contributed by atoms with E-state index in [9.17, 15) is 8.42 Å². The summed E-state index contributed by atoms with van der Waals surface area (Å²) in [5.41, 5.74) is 2.39. The van der Waals surface area contributed by atoms with Crippen molar-refractivity contribution in [2.75, 3.05) is 4.72 Å². The molecule has 1 N–H and O–H groups in total. The van der Waals surface area contributed by atoms with Gasteiger partial charge in [-0.1, -0.05) is 39.1 Å². The Labute approximate surface area is 142 Å². The Balaban J connectivity index is 2.39. The molecule has 0 unspecified atom stereocenters. The van der Waals surface area contributed by atoms with Crippen molar-refractivity contribution in [1.29, 1.82) is 0 Å². The SMILES string of the molecule is Cc1cc(NS(=O)(=O)c2ccc(Cl)c(Cl)c2)cc(C)c1Br. The molecule has 0 heterocycles. The van der Waals surface area contributed by atoms with Crippen LogP contribution in [0.15, 0.2) is 39.7 Å². The molecule has 0 radical (unpaired) electrons. The second kappa shape index (κ2) is 6.16. The summed E-state index contributed by atoms with van der Waals surface area (Å²) in [6, 6.07) is 7.70. The monoisotopic (exact) mass is 407 g/mol. The predicted molar refractivity (Wildman–Crippen MR) is 90.9 cm³/mol. The Kier molecular flexibility index (Phi) is 4.88. The van der Waals surface area contributed by atoms with Crippen LogP contribution in [0.2, 0.25) is 10.0 Å². The number of halogens is 3. The van der Waals surface area contributed by atoms with Crippen molar-refractivity contribution in [3.05, 3.63) is 56.0 Å². The van der Waals surface area contributed by atoms with E-state index in [1.54, 1.807) is 12.1 Å². The molecule has 112 valence electrons. The van der Waals surface area contributed by atoms with Gasteiger partial charge in [0.15, 0.2) is 0 Å². The second-order valence-electron chi connectivity index (χ2n) is 4.61. The third-order valence-corrected chi connectivity index (χ3v) is 6.26. The zero-order chi connectivity index (χ0) is 15.8.